The fraction of sp³-hybridized carbons (Fsp3) is 0.385. The van der Waals surface area contributed by atoms with Gasteiger partial charge >= 0.3 is 0 Å². The van der Waals surface area contributed by atoms with Crippen molar-refractivity contribution in [3.63, 3.8) is 0 Å². The summed E-state index contributed by atoms with van der Waals surface area (Å²) in [4.78, 5) is 20.4. The second kappa shape index (κ2) is 9.92. The summed E-state index contributed by atoms with van der Waals surface area (Å²) in [6.07, 6.45) is 9.70. The number of thioether (sulfide) groups is 1. The minimum absolute atomic E-state index is 0.0150. The predicted molar refractivity (Wildman–Crippen MR) is 131 cm³/mol. The molecule has 166 valence electrons. The summed E-state index contributed by atoms with van der Waals surface area (Å²) in [6, 6.07) is 16.9. The Morgan fingerprint density at radius 3 is 2.75 bits per heavy atom. The Bertz CT molecular complexity index is 1100. The number of hydrogen-bond acceptors (Lipinski definition) is 4. The molecule has 2 aliphatic heterocycles. The van der Waals surface area contributed by atoms with Crippen LogP contribution in [0.15, 0.2) is 64.7 Å². The van der Waals surface area contributed by atoms with Crippen molar-refractivity contribution >= 4 is 29.4 Å². The Labute approximate surface area is 193 Å². The van der Waals surface area contributed by atoms with Crippen molar-refractivity contribution in [2.45, 2.75) is 37.1 Å². The minimum Gasteiger partial charge on any atom is -0.352 e. The number of benzene rings is 1. The Balaban J connectivity index is 1.00. The zero-order chi connectivity index (χ0) is 21.8. The third-order valence-electron chi connectivity index (χ3n) is 6.50. The topological polar surface area (TPSA) is 49.6 Å². The van der Waals surface area contributed by atoms with Crippen molar-refractivity contribution in [3.05, 3.63) is 70.9 Å². The summed E-state index contributed by atoms with van der Waals surface area (Å²) in [7, 11) is 0. The first-order valence-corrected chi connectivity index (χ1v) is 12.5. The van der Waals surface area contributed by atoms with E-state index in [-0.39, 0.29) is 5.91 Å². The van der Waals surface area contributed by atoms with Crippen LogP contribution in [0.4, 0.5) is 0 Å². The van der Waals surface area contributed by atoms with Crippen molar-refractivity contribution in [1.29, 1.82) is 0 Å². The van der Waals surface area contributed by atoms with Crippen LogP contribution in [0.1, 0.15) is 36.9 Å². The van der Waals surface area contributed by atoms with Crippen molar-refractivity contribution in [2.24, 2.45) is 5.92 Å². The molecule has 1 fully saturated rings. The molecule has 5 nitrogen and oxygen atoms in total. The zero-order valence-corrected chi connectivity index (χ0v) is 19.2. The van der Waals surface area contributed by atoms with Crippen molar-refractivity contribution in [3.8, 4) is 0 Å². The molecule has 2 aromatic heterocycles. The summed E-state index contributed by atoms with van der Waals surface area (Å²) in [6.45, 7) is 4.26. The summed E-state index contributed by atoms with van der Waals surface area (Å²) in [5, 5.41) is 4.14. The van der Waals surface area contributed by atoms with Gasteiger partial charge in [0.1, 0.15) is 5.65 Å². The van der Waals surface area contributed by atoms with Gasteiger partial charge in [0.05, 0.1) is 21.8 Å². The number of nitrogens with one attached hydrogen (secondary N) is 1. The smallest absolute Gasteiger partial charge is 0.258 e. The fourth-order valence-electron chi connectivity index (χ4n) is 4.71. The van der Waals surface area contributed by atoms with Gasteiger partial charge in [-0.2, -0.15) is 0 Å². The number of unbranched alkanes of at least 4 members (excludes halogenated alkanes) is 1. The fourth-order valence-corrected chi connectivity index (χ4v) is 5.72. The van der Waals surface area contributed by atoms with Gasteiger partial charge in [-0.15, -0.1) is 0 Å². The number of hydrogen-bond donors (Lipinski definition) is 1. The molecule has 1 amide bonds. The first kappa shape index (κ1) is 21.3. The van der Waals surface area contributed by atoms with Crippen LogP contribution in [0.25, 0.3) is 11.7 Å². The van der Waals surface area contributed by atoms with Gasteiger partial charge in [0.15, 0.2) is 0 Å². The lowest BCUT2D eigenvalue weighted by molar-refractivity contribution is -0.116. The van der Waals surface area contributed by atoms with Gasteiger partial charge in [-0.05, 0) is 81.4 Å². The molecule has 5 rings (SSSR count). The van der Waals surface area contributed by atoms with Crippen molar-refractivity contribution in [1.82, 2.24) is 19.6 Å². The van der Waals surface area contributed by atoms with Gasteiger partial charge in [0, 0.05) is 6.54 Å². The molecule has 3 aromatic rings. The SMILES string of the molecule is O=C(NCCCCN1CCC(Cc2ccccc2)CC1)C1=Cc2cnc3cccc(n23)S1. The van der Waals surface area contributed by atoms with Gasteiger partial charge in [0.25, 0.3) is 5.91 Å². The molecule has 0 bridgehead atoms. The van der Waals surface area contributed by atoms with Crippen LogP contribution in [0.5, 0.6) is 0 Å². The Morgan fingerprint density at radius 1 is 1.06 bits per heavy atom. The van der Waals surface area contributed by atoms with E-state index in [9.17, 15) is 4.79 Å². The molecule has 2 aliphatic rings. The molecule has 0 radical (unpaired) electrons. The molecular formula is C26H30N4OS. The monoisotopic (exact) mass is 446 g/mol. The number of piperidine rings is 1. The highest BCUT2D eigenvalue weighted by atomic mass is 32.2. The first-order chi connectivity index (χ1) is 15.8. The van der Waals surface area contributed by atoms with E-state index in [4.69, 9.17) is 0 Å². The lowest BCUT2D eigenvalue weighted by atomic mass is 9.90. The van der Waals surface area contributed by atoms with Gasteiger partial charge in [-0.25, -0.2) is 4.98 Å². The summed E-state index contributed by atoms with van der Waals surface area (Å²) < 4.78 is 2.09. The number of imidazole rings is 1. The third kappa shape index (κ3) is 4.92. The standard InChI is InChI=1S/C26H30N4OS/c31-26(23-18-22-19-28-24-9-6-10-25(32-23)30(22)24)27-13-4-5-14-29-15-11-21(12-16-29)17-20-7-2-1-3-8-20/h1-3,6-10,18-19,21H,4-5,11-17H2,(H,27,31). The number of nitrogens with zero attached hydrogens (tertiary/aromatic N) is 3. The van der Waals surface area contributed by atoms with E-state index >= 15 is 0 Å². The molecule has 1 aromatic carbocycles. The molecular weight excluding hydrogens is 416 g/mol. The van der Waals surface area contributed by atoms with Gasteiger partial charge in [0.2, 0.25) is 0 Å². The van der Waals surface area contributed by atoms with E-state index in [1.54, 1.807) is 0 Å². The summed E-state index contributed by atoms with van der Waals surface area (Å²) in [5.41, 5.74) is 3.36. The normalized spacial score (nSPS) is 16.8. The number of likely N-dealkylation sites (tertiary alicyclic amines) is 1. The summed E-state index contributed by atoms with van der Waals surface area (Å²) in [5.74, 6) is 0.831. The van der Waals surface area contributed by atoms with E-state index in [0.717, 1.165) is 53.1 Å². The van der Waals surface area contributed by atoms with E-state index in [1.165, 1.54) is 49.7 Å². The van der Waals surface area contributed by atoms with Crippen LogP contribution in [-0.4, -0.2) is 46.4 Å². The highest BCUT2D eigenvalue weighted by Gasteiger charge is 2.20. The lowest BCUT2D eigenvalue weighted by Gasteiger charge is -2.32. The van der Waals surface area contributed by atoms with Crippen LogP contribution >= 0.6 is 11.8 Å². The minimum atomic E-state index is 0.0150. The predicted octanol–water partition coefficient (Wildman–Crippen LogP) is 4.63. The van der Waals surface area contributed by atoms with E-state index in [2.05, 4.69) is 49.9 Å². The van der Waals surface area contributed by atoms with E-state index in [0.29, 0.717) is 0 Å². The maximum atomic E-state index is 12.7. The second-order valence-electron chi connectivity index (χ2n) is 8.79. The third-order valence-corrected chi connectivity index (χ3v) is 7.55. The maximum Gasteiger partial charge on any atom is 0.258 e. The number of carbonyl (C=O) groups is 1. The molecule has 1 saturated heterocycles. The number of pyridine rings is 1. The molecule has 0 spiro atoms. The maximum absolute atomic E-state index is 12.7. The quantitative estimate of drug-likeness (QED) is 0.513. The Hall–Kier alpha value is -2.57. The first-order valence-electron chi connectivity index (χ1n) is 11.7. The van der Waals surface area contributed by atoms with Crippen LogP contribution in [0.3, 0.4) is 0 Å². The average molecular weight is 447 g/mol. The summed E-state index contributed by atoms with van der Waals surface area (Å²) >= 11 is 1.51. The Kier molecular flexibility index (Phi) is 6.60. The molecule has 0 atom stereocenters. The molecule has 0 aliphatic carbocycles. The van der Waals surface area contributed by atoms with Gasteiger partial charge in [-0.3, -0.25) is 9.20 Å². The second-order valence-corrected chi connectivity index (χ2v) is 9.85. The number of amides is 1. The highest BCUT2D eigenvalue weighted by molar-refractivity contribution is 8.04. The number of rotatable bonds is 8. The average Bonchev–Trinajstić information content (AvgIpc) is 3.25. The molecule has 32 heavy (non-hydrogen) atoms. The highest BCUT2D eigenvalue weighted by Crippen LogP contribution is 2.34. The molecule has 6 heteroatoms. The Morgan fingerprint density at radius 2 is 1.91 bits per heavy atom. The van der Waals surface area contributed by atoms with Gasteiger partial charge < -0.3 is 10.2 Å². The van der Waals surface area contributed by atoms with Crippen LogP contribution < -0.4 is 5.32 Å². The molecule has 0 saturated carbocycles. The van der Waals surface area contributed by atoms with Crippen molar-refractivity contribution in [2.75, 3.05) is 26.2 Å². The number of carbonyl (C=O) groups excluding carboxylic acids is 1. The zero-order valence-electron chi connectivity index (χ0n) is 18.4. The molecule has 1 N–H and O–H groups in total. The van der Waals surface area contributed by atoms with Crippen LogP contribution in [-0.2, 0) is 11.2 Å². The molecule has 0 unspecified atom stereocenters. The van der Waals surface area contributed by atoms with Gasteiger partial charge in [-0.1, -0.05) is 48.2 Å². The van der Waals surface area contributed by atoms with E-state index < -0.39 is 0 Å². The van der Waals surface area contributed by atoms with Crippen molar-refractivity contribution < 1.29 is 4.79 Å². The van der Waals surface area contributed by atoms with Crippen LogP contribution in [0.2, 0.25) is 0 Å². The van der Waals surface area contributed by atoms with E-state index in [1.807, 2.05) is 30.5 Å². The van der Waals surface area contributed by atoms with Crippen LogP contribution in [0, 0.1) is 5.92 Å². The lowest BCUT2D eigenvalue weighted by Crippen LogP contribution is -2.35. The largest absolute Gasteiger partial charge is 0.352 e. The molecule has 4 heterocycles. The number of aromatic nitrogens is 2.